The topological polar surface area (TPSA) is 35.6 Å². The van der Waals surface area contributed by atoms with E-state index in [1.165, 1.54) is 11.0 Å². The number of hydrogen-bond acceptors (Lipinski definition) is 3. The third-order valence-corrected chi connectivity index (χ3v) is 5.29. The average Bonchev–Trinajstić information content (AvgIpc) is 3.16. The highest BCUT2D eigenvalue weighted by Gasteiger charge is 2.13. The third kappa shape index (κ3) is 2.49. The molecule has 0 aliphatic carbocycles. The Hall–Kier alpha value is -2.27. The molecular weight excluding hydrogens is 316 g/mol. The molecule has 4 aromatic rings. The summed E-state index contributed by atoms with van der Waals surface area (Å²) in [5.41, 5.74) is 4.54. The van der Waals surface area contributed by atoms with Crippen molar-refractivity contribution in [3.63, 3.8) is 0 Å². The van der Waals surface area contributed by atoms with Gasteiger partial charge < -0.3 is 9.13 Å². The van der Waals surface area contributed by atoms with E-state index in [0.29, 0.717) is 0 Å². The molecule has 0 spiro atoms. The first-order chi connectivity index (χ1) is 11.8. The number of hydrogen-bond donors (Lipinski definition) is 0. The van der Waals surface area contributed by atoms with Gasteiger partial charge in [0.2, 0.25) is 0 Å². The van der Waals surface area contributed by atoms with Gasteiger partial charge in [0.25, 0.3) is 0 Å². The van der Waals surface area contributed by atoms with Crippen molar-refractivity contribution in [1.82, 2.24) is 19.1 Å². The van der Waals surface area contributed by atoms with E-state index in [9.17, 15) is 0 Å². The van der Waals surface area contributed by atoms with Crippen LogP contribution in [0.15, 0.2) is 53.7 Å². The van der Waals surface area contributed by atoms with Crippen LogP contribution in [0.3, 0.4) is 0 Å². The minimum absolute atomic E-state index is 0.825. The van der Waals surface area contributed by atoms with Gasteiger partial charge in [-0.05, 0) is 38.1 Å². The molecule has 4 nitrogen and oxygen atoms in total. The van der Waals surface area contributed by atoms with E-state index in [1.54, 1.807) is 11.8 Å². The van der Waals surface area contributed by atoms with E-state index in [2.05, 4.69) is 59.4 Å². The summed E-state index contributed by atoms with van der Waals surface area (Å²) in [5, 5.41) is 1.06. The molecule has 0 saturated heterocycles. The molecule has 0 radical (unpaired) electrons. The molecule has 0 aliphatic rings. The second-order valence-corrected chi connectivity index (χ2v) is 6.62. The van der Waals surface area contributed by atoms with Crippen LogP contribution in [0.4, 0.5) is 0 Å². The highest BCUT2D eigenvalue weighted by Crippen LogP contribution is 2.27. The zero-order chi connectivity index (χ0) is 16.5. The first-order valence-electron chi connectivity index (χ1n) is 8.34. The fourth-order valence-electron chi connectivity index (χ4n) is 3.19. The predicted octanol–water partition coefficient (Wildman–Crippen LogP) is 4.72. The molecule has 2 heterocycles. The van der Waals surface area contributed by atoms with Crippen LogP contribution in [0.25, 0.3) is 22.1 Å². The Morgan fingerprint density at radius 1 is 0.792 bits per heavy atom. The SMILES string of the molecule is CCn1c(CSc2nc3ccccc3n2CC)nc2ccccc21. The summed E-state index contributed by atoms with van der Waals surface area (Å²) in [6.45, 7) is 6.19. The van der Waals surface area contributed by atoms with E-state index >= 15 is 0 Å². The number of nitrogens with zero attached hydrogens (tertiary/aromatic N) is 4. The Morgan fingerprint density at radius 3 is 2.04 bits per heavy atom. The maximum atomic E-state index is 4.81. The molecule has 0 unspecified atom stereocenters. The number of fused-ring (bicyclic) bond motifs is 2. The lowest BCUT2D eigenvalue weighted by molar-refractivity contribution is 0.700. The molecule has 0 bridgehead atoms. The van der Waals surface area contributed by atoms with Gasteiger partial charge in [-0.15, -0.1) is 0 Å². The largest absolute Gasteiger partial charge is 0.328 e. The molecule has 5 heteroatoms. The summed E-state index contributed by atoms with van der Waals surface area (Å²) in [5.74, 6) is 1.93. The van der Waals surface area contributed by atoms with Crippen LogP contribution in [0.2, 0.25) is 0 Å². The molecule has 2 aromatic carbocycles. The number of aryl methyl sites for hydroxylation is 2. The second kappa shape index (κ2) is 6.32. The quantitative estimate of drug-likeness (QED) is 0.495. The van der Waals surface area contributed by atoms with Crippen molar-refractivity contribution in [3.05, 3.63) is 54.4 Å². The molecule has 0 N–H and O–H groups in total. The Kier molecular flexibility index (Phi) is 4.02. The highest BCUT2D eigenvalue weighted by atomic mass is 32.2. The zero-order valence-electron chi connectivity index (χ0n) is 13.9. The lowest BCUT2D eigenvalue weighted by atomic mass is 10.3. The molecule has 24 heavy (non-hydrogen) atoms. The Morgan fingerprint density at radius 2 is 1.38 bits per heavy atom. The zero-order valence-corrected chi connectivity index (χ0v) is 14.8. The molecular formula is C19H20N4S. The number of benzene rings is 2. The Labute approximate surface area is 145 Å². The first-order valence-corrected chi connectivity index (χ1v) is 9.32. The van der Waals surface area contributed by atoms with Crippen molar-refractivity contribution in [2.75, 3.05) is 0 Å². The third-order valence-electron chi connectivity index (χ3n) is 4.32. The number of rotatable bonds is 5. The van der Waals surface area contributed by atoms with Crippen LogP contribution >= 0.6 is 11.8 Å². The molecule has 2 aromatic heterocycles. The summed E-state index contributed by atoms with van der Waals surface area (Å²) in [4.78, 5) is 9.61. The monoisotopic (exact) mass is 336 g/mol. The molecule has 122 valence electrons. The van der Waals surface area contributed by atoms with Gasteiger partial charge in [-0.25, -0.2) is 9.97 Å². The van der Waals surface area contributed by atoms with Gasteiger partial charge in [-0.1, -0.05) is 36.0 Å². The summed E-state index contributed by atoms with van der Waals surface area (Å²) >= 11 is 1.76. The van der Waals surface area contributed by atoms with Gasteiger partial charge in [0.1, 0.15) is 5.82 Å². The van der Waals surface area contributed by atoms with Gasteiger partial charge in [-0.3, -0.25) is 0 Å². The summed E-state index contributed by atoms with van der Waals surface area (Å²) in [7, 11) is 0. The van der Waals surface area contributed by atoms with Gasteiger partial charge in [-0.2, -0.15) is 0 Å². The van der Waals surface area contributed by atoms with Crippen molar-refractivity contribution in [2.45, 2.75) is 37.8 Å². The second-order valence-electron chi connectivity index (χ2n) is 5.68. The van der Waals surface area contributed by atoms with Crippen molar-refractivity contribution >= 4 is 33.8 Å². The lowest BCUT2D eigenvalue weighted by Crippen LogP contribution is -2.01. The summed E-state index contributed by atoms with van der Waals surface area (Å²) in [6.07, 6.45) is 0. The van der Waals surface area contributed by atoms with Gasteiger partial charge in [0.15, 0.2) is 5.16 Å². The van der Waals surface area contributed by atoms with E-state index in [-0.39, 0.29) is 0 Å². The Bertz CT molecular complexity index is 917. The minimum atomic E-state index is 0.825. The van der Waals surface area contributed by atoms with Gasteiger partial charge in [0.05, 0.1) is 27.8 Å². The first kappa shape index (κ1) is 15.3. The van der Waals surface area contributed by atoms with Crippen molar-refractivity contribution in [2.24, 2.45) is 0 Å². The van der Waals surface area contributed by atoms with Crippen LogP contribution in [-0.2, 0) is 18.8 Å². The number of thioether (sulfide) groups is 1. The highest BCUT2D eigenvalue weighted by molar-refractivity contribution is 7.98. The van der Waals surface area contributed by atoms with Crippen LogP contribution in [0.1, 0.15) is 19.7 Å². The van der Waals surface area contributed by atoms with Crippen LogP contribution in [-0.4, -0.2) is 19.1 Å². The average molecular weight is 336 g/mol. The van der Waals surface area contributed by atoms with Crippen LogP contribution in [0, 0.1) is 0 Å². The fourth-order valence-corrected chi connectivity index (χ4v) is 4.21. The fraction of sp³-hybridized carbons (Fsp3) is 0.263. The molecule has 4 rings (SSSR count). The van der Waals surface area contributed by atoms with Gasteiger partial charge >= 0.3 is 0 Å². The van der Waals surface area contributed by atoms with E-state index in [4.69, 9.17) is 9.97 Å². The van der Waals surface area contributed by atoms with E-state index < -0.39 is 0 Å². The normalized spacial score (nSPS) is 11.6. The standard InChI is InChI=1S/C19H20N4S/c1-3-22-16-11-7-5-9-14(16)20-18(22)13-24-19-21-15-10-6-8-12-17(15)23(19)4-2/h5-12H,3-4,13H2,1-2H3. The van der Waals surface area contributed by atoms with Crippen LogP contribution in [0.5, 0.6) is 0 Å². The van der Waals surface area contributed by atoms with Crippen molar-refractivity contribution < 1.29 is 0 Å². The number of imidazole rings is 2. The van der Waals surface area contributed by atoms with Crippen LogP contribution < -0.4 is 0 Å². The number of para-hydroxylation sites is 4. The summed E-state index contributed by atoms with van der Waals surface area (Å²) < 4.78 is 4.57. The lowest BCUT2D eigenvalue weighted by Gasteiger charge is -2.07. The Balaban J connectivity index is 1.68. The smallest absolute Gasteiger partial charge is 0.169 e. The molecule has 0 fully saturated rings. The minimum Gasteiger partial charge on any atom is -0.328 e. The van der Waals surface area contributed by atoms with E-state index in [0.717, 1.165) is 40.9 Å². The van der Waals surface area contributed by atoms with E-state index in [1.807, 2.05) is 12.1 Å². The maximum absolute atomic E-state index is 4.81. The predicted molar refractivity (Wildman–Crippen MR) is 100 cm³/mol. The summed E-state index contributed by atoms with van der Waals surface area (Å²) in [6, 6.07) is 16.7. The maximum Gasteiger partial charge on any atom is 0.169 e. The van der Waals surface area contributed by atoms with Gasteiger partial charge in [0, 0.05) is 13.1 Å². The number of aromatic nitrogens is 4. The molecule has 0 saturated carbocycles. The molecule has 0 amide bonds. The van der Waals surface area contributed by atoms with Crippen molar-refractivity contribution in [3.8, 4) is 0 Å². The molecule has 0 aliphatic heterocycles. The van der Waals surface area contributed by atoms with Crippen molar-refractivity contribution in [1.29, 1.82) is 0 Å². The molecule has 0 atom stereocenters.